The Hall–Kier alpha value is -1.46. The minimum Gasteiger partial charge on any atom is -0.439 e. The second-order valence-electron chi connectivity index (χ2n) is 4.16. The molecule has 19 heavy (non-hydrogen) atoms. The SMILES string of the molecule is CNCc1cc(Br)cnc1Oc1ccc(C)c(F)c1. The molecule has 100 valence electrons. The summed E-state index contributed by atoms with van der Waals surface area (Å²) in [6, 6.07) is 6.69. The van der Waals surface area contributed by atoms with E-state index in [2.05, 4.69) is 26.2 Å². The molecular formula is C14H14BrFN2O. The van der Waals surface area contributed by atoms with Gasteiger partial charge in [-0.3, -0.25) is 0 Å². The van der Waals surface area contributed by atoms with Crippen molar-refractivity contribution >= 4 is 15.9 Å². The van der Waals surface area contributed by atoms with Crippen LogP contribution in [0.3, 0.4) is 0 Å². The molecule has 0 radical (unpaired) electrons. The Labute approximate surface area is 119 Å². The van der Waals surface area contributed by atoms with Crippen LogP contribution in [-0.4, -0.2) is 12.0 Å². The zero-order valence-corrected chi connectivity index (χ0v) is 12.3. The summed E-state index contributed by atoms with van der Waals surface area (Å²) < 4.78 is 20.0. The Kier molecular flexibility index (Phi) is 4.50. The molecule has 0 aliphatic heterocycles. The van der Waals surface area contributed by atoms with Crippen molar-refractivity contribution in [2.75, 3.05) is 7.05 Å². The van der Waals surface area contributed by atoms with Gasteiger partial charge >= 0.3 is 0 Å². The van der Waals surface area contributed by atoms with Gasteiger partial charge in [0.1, 0.15) is 11.6 Å². The number of aromatic nitrogens is 1. The standard InChI is InChI=1S/C14H14BrFN2O/c1-9-3-4-12(6-13(9)16)19-14-10(7-17-2)5-11(15)8-18-14/h3-6,8,17H,7H2,1-2H3. The van der Waals surface area contributed by atoms with E-state index in [9.17, 15) is 4.39 Å². The molecule has 0 atom stereocenters. The zero-order chi connectivity index (χ0) is 13.8. The molecule has 0 aliphatic rings. The van der Waals surface area contributed by atoms with Crippen LogP contribution in [0.15, 0.2) is 34.9 Å². The van der Waals surface area contributed by atoms with Crippen LogP contribution in [0.25, 0.3) is 0 Å². The number of hydrogen-bond donors (Lipinski definition) is 1. The number of hydrogen-bond acceptors (Lipinski definition) is 3. The summed E-state index contributed by atoms with van der Waals surface area (Å²) in [4.78, 5) is 4.21. The quantitative estimate of drug-likeness (QED) is 0.928. The summed E-state index contributed by atoms with van der Waals surface area (Å²) in [5.74, 6) is 0.626. The maximum Gasteiger partial charge on any atom is 0.223 e. The number of pyridine rings is 1. The summed E-state index contributed by atoms with van der Waals surface area (Å²) >= 11 is 3.37. The molecule has 5 heteroatoms. The Balaban J connectivity index is 2.29. The number of nitrogens with zero attached hydrogens (tertiary/aromatic N) is 1. The highest BCUT2D eigenvalue weighted by atomic mass is 79.9. The number of benzene rings is 1. The van der Waals surface area contributed by atoms with Crippen molar-refractivity contribution in [3.63, 3.8) is 0 Å². The molecule has 2 aromatic rings. The van der Waals surface area contributed by atoms with Gasteiger partial charge < -0.3 is 10.1 Å². The minimum atomic E-state index is -0.287. The second-order valence-corrected chi connectivity index (χ2v) is 5.08. The molecular weight excluding hydrogens is 311 g/mol. The molecule has 1 aromatic heterocycles. The van der Waals surface area contributed by atoms with Crippen molar-refractivity contribution in [2.45, 2.75) is 13.5 Å². The van der Waals surface area contributed by atoms with Crippen LogP contribution >= 0.6 is 15.9 Å². The Morgan fingerprint density at radius 2 is 2.16 bits per heavy atom. The summed E-state index contributed by atoms with van der Waals surface area (Å²) in [6.07, 6.45) is 1.65. The molecule has 1 aromatic carbocycles. The molecule has 2 rings (SSSR count). The minimum absolute atomic E-state index is 0.287. The molecule has 0 fully saturated rings. The number of rotatable bonds is 4. The number of halogens is 2. The third kappa shape index (κ3) is 3.52. The molecule has 0 bridgehead atoms. The van der Waals surface area contributed by atoms with Crippen LogP contribution in [0, 0.1) is 12.7 Å². The maximum atomic E-state index is 13.5. The van der Waals surface area contributed by atoms with E-state index in [0.717, 1.165) is 10.0 Å². The van der Waals surface area contributed by atoms with Gasteiger partial charge in [0.05, 0.1) is 0 Å². The normalized spacial score (nSPS) is 10.5. The fraction of sp³-hybridized carbons (Fsp3) is 0.214. The highest BCUT2D eigenvalue weighted by Crippen LogP contribution is 2.26. The highest BCUT2D eigenvalue weighted by molar-refractivity contribution is 9.10. The van der Waals surface area contributed by atoms with Crippen molar-refractivity contribution in [3.05, 3.63) is 51.9 Å². The van der Waals surface area contributed by atoms with Crippen molar-refractivity contribution in [1.29, 1.82) is 0 Å². The van der Waals surface area contributed by atoms with E-state index in [1.54, 1.807) is 25.3 Å². The largest absolute Gasteiger partial charge is 0.439 e. The van der Waals surface area contributed by atoms with E-state index in [1.807, 2.05) is 13.1 Å². The average molecular weight is 325 g/mol. The molecule has 3 nitrogen and oxygen atoms in total. The lowest BCUT2D eigenvalue weighted by molar-refractivity contribution is 0.449. The smallest absolute Gasteiger partial charge is 0.223 e. The van der Waals surface area contributed by atoms with Crippen molar-refractivity contribution < 1.29 is 9.13 Å². The monoisotopic (exact) mass is 324 g/mol. The van der Waals surface area contributed by atoms with Crippen LogP contribution in [0.1, 0.15) is 11.1 Å². The first kappa shape index (κ1) is 14.0. The van der Waals surface area contributed by atoms with E-state index in [0.29, 0.717) is 23.7 Å². The molecule has 0 unspecified atom stereocenters. The third-order valence-electron chi connectivity index (χ3n) is 2.62. The van der Waals surface area contributed by atoms with Gasteiger partial charge in [0.15, 0.2) is 0 Å². The summed E-state index contributed by atoms with van der Waals surface area (Å²) in [5.41, 5.74) is 1.49. The van der Waals surface area contributed by atoms with Gasteiger partial charge in [-0.2, -0.15) is 0 Å². The third-order valence-corrected chi connectivity index (χ3v) is 3.05. The lowest BCUT2D eigenvalue weighted by Gasteiger charge is -2.10. The van der Waals surface area contributed by atoms with Gasteiger partial charge in [0.25, 0.3) is 0 Å². The first-order valence-electron chi connectivity index (χ1n) is 5.83. The molecule has 0 saturated heterocycles. The highest BCUT2D eigenvalue weighted by Gasteiger charge is 2.08. The van der Waals surface area contributed by atoms with E-state index < -0.39 is 0 Å². The van der Waals surface area contributed by atoms with Gasteiger partial charge in [-0.05, 0) is 47.6 Å². The van der Waals surface area contributed by atoms with E-state index in [1.165, 1.54) is 6.07 Å². The van der Waals surface area contributed by atoms with Gasteiger partial charge in [-0.1, -0.05) is 6.07 Å². The first-order valence-corrected chi connectivity index (χ1v) is 6.62. The zero-order valence-electron chi connectivity index (χ0n) is 10.7. The van der Waals surface area contributed by atoms with Gasteiger partial charge in [-0.15, -0.1) is 0 Å². The van der Waals surface area contributed by atoms with Crippen molar-refractivity contribution in [1.82, 2.24) is 10.3 Å². The fourth-order valence-corrected chi connectivity index (χ4v) is 2.01. The van der Waals surface area contributed by atoms with Gasteiger partial charge in [0, 0.05) is 28.8 Å². The topological polar surface area (TPSA) is 34.2 Å². The molecule has 1 N–H and O–H groups in total. The van der Waals surface area contributed by atoms with Crippen molar-refractivity contribution in [2.24, 2.45) is 0 Å². The summed E-state index contributed by atoms with van der Waals surface area (Å²) in [7, 11) is 1.84. The van der Waals surface area contributed by atoms with Crippen molar-refractivity contribution in [3.8, 4) is 11.6 Å². The van der Waals surface area contributed by atoms with Crippen LogP contribution in [0.2, 0.25) is 0 Å². The first-order chi connectivity index (χ1) is 9.10. The Morgan fingerprint density at radius 3 is 2.84 bits per heavy atom. The summed E-state index contributed by atoms with van der Waals surface area (Å²) in [5, 5.41) is 3.04. The number of aryl methyl sites for hydroxylation is 1. The predicted molar refractivity (Wildman–Crippen MR) is 75.9 cm³/mol. The van der Waals surface area contributed by atoms with E-state index in [-0.39, 0.29) is 5.82 Å². The number of nitrogens with one attached hydrogen (secondary N) is 1. The number of ether oxygens (including phenoxy) is 1. The van der Waals surface area contributed by atoms with E-state index in [4.69, 9.17) is 4.74 Å². The van der Waals surface area contributed by atoms with Crippen LogP contribution < -0.4 is 10.1 Å². The lowest BCUT2D eigenvalue weighted by atomic mass is 10.2. The molecule has 0 spiro atoms. The Bertz CT molecular complexity index is 590. The van der Waals surface area contributed by atoms with Crippen LogP contribution in [0.5, 0.6) is 11.6 Å². The van der Waals surface area contributed by atoms with Gasteiger partial charge in [0.2, 0.25) is 5.88 Å². The molecule has 0 amide bonds. The Morgan fingerprint density at radius 1 is 1.37 bits per heavy atom. The van der Waals surface area contributed by atoms with E-state index >= 15 is 0 Å². The summed E-state index contributed by atoms with van der Waals surface area (Å²) in [6.45, 7) is 2.33. The van der Waals surface area contributed by atoms with Gasteiger partial charge in [-0.25, -0.2) is 9.37 Å². The average Bonchev–Trinajstić information content (AvgIpc) is 2.37. The molecule has 0 aliphatic carbocycles. The fourth-order valence-electron chi connectivity index (χ4n) is 1.63. The lowest BCUT2D eigenvalue weighted by Crippen LogP contribution is -2.07. The van der Waals surface area contributed by atoms with Crippen LogP contribution in [-0.2, 0) is 6.54 Å². The van der Waals surface area contributed by atoms with Crippen LogP contribution in [0.4, 0.5) is 4.39 Å². The maximum absolute atomic E-state index is 13.5. The molecule has 0 saturated carbocycles. The predicted octanol–water partition coefficient (Wildman–Crippen LogP) is 3.80. The second kappa shape index (κ2) is 6.12. The molecule has 1 heterocycles.